The van der Waals surface area contributed by atoms with Crippen LogP contribution < -0.4 is 0 Å². The van der Waals surface area contributed by atoms with Crippen LogP contribution in [0.1, 0.15) is 0 Å². The van der Waals surface area contributed by atoms with Crippen LogP contribution in [-0.4, -0.2) is 15.2 Å². The summed E-state index contributed by atoms with van der Waals surface area (Å²) in [6.45, 7) is 0. The van der Waals surface area contributed by atoms with Crippen molar-refractivity contribution in [3.63, 3.8) is 0 Å². The largest absolute Gasteiger partial charge is 0.256 e. The highest BCUT2D eigenvalue weighted by atomic mass is 15.1. The maximum absolute atomic E-state index is 4.28. The molecule has 3 aromatic rings. The Hall–Kier alpha value is -2.03. The lowest BCUT2D eigenvalue weighted by Gasteiger charge is -1.98. The van der Waals surface area contributed by atoms with Gasteiger partial charge in [0.05, 0.1) is 17.9 Å². The van der Waals surface area contributed by atoms with E-state index in [-0.39, 0.29) is 0 Å². The van der Waals surface area contributed by atoms with Crippen LogP contribution in [0.15, 0.2) is 42.9 Å². The smallest absolute Gasteiger partial charge is 0.0708 e. The van der Waals surface area contributed by atoms with E-state index in [4.69, 9.17) is 0 Å². The molecule has 0 saturated carbocycles. The van der Waals surface area contributed by atoms with Crippen molar-refractivity contribution in [2.24, 2.45) is 0 Å². The number of hydrogen-bond acceptors (Lipinski definition) is 3. The van der Waals surface area contributed by atoms with Gasteiger partial charge in [-0.2, -0.15) is 10.2 Å². The first-order valence-corrected chi connectivity index (χ1v) is 4.39. The average Bonchev–Trinajstić information content (AvgIpc) is 2.26. The molecule has 0 spiro atoms. The molecule has 0 aliphatic rings. The molecule has 3 nitrogen and oxygen atoms in total. The van der Waals surface area contributed by atoms with Gasteiger partial charge >= 0.3 is 0 Å². The Morgan fingerprint density at radius 1 is 0.857 bits per heavy atom. The summed E-state index contributed by atoms with van der Waals surface area (Å²) in [4.78, 5) is 4.28. The molecule has 0 fully saturated rings. The zero-order valence-electron chi connectivity index (χ0n) is 7.38. The first-order chi connectivity index (χ1) is 6.93. The first kappa shape index (κ1) is 7.38. The summed E-state index contributed by atoms with van der Waals surface area (Å²) < 4.78 is 0. The van der Waals surface area contributed by atoms with E-state index in [1.165, 1.54) is 0 Å². The van der Waals surface area contributed by atoms with Crippen molar-refractivity contribution in [2.75, 3.05) is 0 Å². The van der Waals surface area contributed by atoms with Crippen molar-refractivity contribution >= 4 is 21.7 Å². The molecule has 0 aliphatic carbocycles. The first-order valence-electron chi connectivity index (χ1n) is 4.39. The van der Waals surface area contributed by atoms with E-state index >= 15 is 0 Å². The Morgan fingerprint density at radius 2 is 1.64 bits per heavy atom. The number of pyridine rings is 1. The highest BCUT2D eigenvalue weighted by Gasteiger charge is 1.97. The second-order valence-corrected chi connectivity index (χ2v) is 3.17. The quantitative estimate of drug-likeness (QED) is 0.499. The van der Waals surface area contributed by atoms with Crippen LogP contribution in [0.2, 0.25) is 0 Å². The van der Waals surface area contributed by atoms with Gasteiger partial charge in [-0.3, -0.25) is 4.98 Å². The molecule has 0 N–H and O–H groups in total. The number of benzene rings is 1. The minimum absolute atomic E-state index is 0.994. The van der Waals surface area contributed by atoms with E-state index in [0.29, 0.717) is 0 Å². The summed E-state index contributed by atoms with van der Waals surface area (Å²) in [5, 5.41) is 11.0. The summed E-state index contributed by atoms with van der Waals surface area (Å²) in [5.41, 5.74) is 0.994. The standard InChI is InChI=1S/C11H7N3/c1-2-8-4-9-6-13-14-7-10(9)5-11(8)12-3-1/h1-7H. The van der Waals surface area contributed by atoms with E-state index in [0.717, 1.165) is 21.7 Å². The lowest BCUT2D eigenvalue weighted by atomic mass is 10.1. The molecule has 66 valence electrons. The fourth-order valence-corrected chi connectivity index (χ4v) is 1.57. The molecule has 3 heteroatoms. The topological polar surface area (TPSA) is 38.7 Å². The lowest BCUT2D eigenvalue weighted by molar-refractivity contribution is 1.05. The van der Waals surface area contributed by atoms with Crippen molar-refractivity contribution in [3.8, 4) is 0 Å². The van der Waals surface area contributed by atoms with Crippen LogP contribution in [0.5, 0.6) is 0 Å². The van der Waals surface area contributed by atoms with Gasteiger partial charge < -0.3 is 0 Å². The molecule has 0 atom stereocenters. The lowest BCUT2D eigenvalue weighted by Crippen LogP contribution is -1.82. The Labute approximate surface area is 80.4 Å². The van der Waals surface area contributed by atoms with E-state index < -0.39 is 0 Å². The summed E-state index contributed by atoms with van der Waals surface area (Å²) in [6, 6.07) is 8.08. The van der Waals surface area contributed by atoms with Crippen LogP contribution in [0.3, 0.4) is 0 Å². The van der Waals surface area contributed by atoms with Gasteiger partial charge in [0, 0.05) is 22.4 Å². The normalized spacial score (nSPS) is 10.9. The second kappa shape index (κ2) is 2.73. The summed E-state index contributed by atoms with van der Waals surface area (Å²) in [7, 11) is 0. The minimum atomic E-state index is 0.994. The monoisotopic (exact) mass is 181 g/mol. The molecule has 1 aromatic carbocycles. The Bertz CT molecular complexity index is 499. The predicted molar refractivity (Wildman–Crippen MR) is 54.8 cm³/mol. The molecule has 3 rings (SSSR count). The van der Waals surface area contributed by atoms with Gasteiger partial charge in [-0.1, -0.05) is 6.07 Å². The fraction of sp³-hybridized carbons (Fsp3) is 0. The van der Waals surface area contributed by atoms with Crippen molar-refractivity contribution in [1.82, 2.24) is 15.2 Å². The average molecular weight is 181 g/mol. The third-order valence-corrected chi connectivity index (χ3v) is 2.27. The maximum Gasteiger partial charge on any atom is 0.0708 e. The molecule has 0 radical (unpaired) electrons. The van der Waals surface area contributed by atoms with Crippen LogP contribution in [0.4, 0.5) is 0 Å². The molecule has 2 heterocycles. The zero-order valence-corrected chi connectivity index (χ0v) is 7.38. The van der Waals surface area contributed by atoms with Gasteiger partial charge in [-0.05, 0) is 18.2 Å². The van der Waals surface area contributed by atoms with Gasteiger partial charge in [-0.25, -0.2) is 0 Å². The summed E-state index contributed by atoms with van der Waals surface area (Å²) in [5.74, 6) is 0. The number of hydrogen-bond donors (Lipinski definition) is 0. The third kappa shape index (κ3) is 1.03. The Balaban J connectivity index is 2.52. The van der Waals surface area contributed by atoms with Gasteiger partial charge in [0.25, 0.3) is 0 Å². The Kier molecular flexibility index (Phi) is 1.44. The zero-order chi connectivity index (χ0) is 9.38. The molecule has 0 amide bonds. The third-order valence-electron chi connectivity index (χ3n) is 2.27. The molecule has 0 unspecified atom stereocenters. The van der Waals surface area contributed by atoms with E-state index in [9.17, 15) is 0 Å². The molecular weight excluding hydrogens is 174 g/mol. The van der Waals surface area contributed by atoms with Crippen molar-refractivity contribution in [1.29, 1.82) is 0 Å². The van der Waals surface area contributed by atoms with Crippen molar-refractivity contribution in [2.45, 2.75) is 0 Å². The number of nitrogens with zero attached hydrogens (tertiary/aromatic N) is 3. The highest BCUT2D eigenvalue weighted by Crippen LogP contribution is 2.19. The molecule has 14 heavy (non-hydrogen) atoms. The van der Waals surface area contributed by atoms with Crippen molar-refractivity contribution < 1.29 is 0 Å². The molecular formula is C11H7N3. The number of fused-ring (bicyclic) bond motifs is 2. The highest BCUT2D eigenvalue weighted by molar-refractivity contribution is 5.95. The van der Waals surface area contributed by atoms with Crippen LogP contribution in [0, 0.1) is 0 Å². The van der Waals surface area contributed by atoms with E-state index in [1.54, 1.807) is 18.6 Å². The molecule has 2 aromatic heterocycles. The number of aromatic nitrogens is 3. The predicted octanol–water partition coefficient (Wildman–Crippen LogP) is 2.18. The summed E-state index contributed by atoms with van der Waals surface area (Å²) in [6.07, 6.45) is 5.31. The summed E-state index contributed by atoms with van der Waals surface area (Å²) >= 11 is 0. The van der Waals surface area contributed by atoms with Gasteiger partial charge in [0.1, 0.15) is 0 Å². The van der Waals surface area contributed by atoms with Gasteiger partial charge in [0.2, 0.25) is 0 Å². The SMILES string of the molecule is c1cnc2cc3cnncc3cc2c1. The maximum atomic E-state index is 4.28. The van der Waals surface area contributed by atoms with E-state index in [1.807, 2.05) is 18.2 Å². The van der Waals surface area contributed by atoms with E-state index in [2.05, 4.69) is 21.2 Å². The van der Waals surface area contributed by atoms with Gasteiger partial charge in [-0.15, -0.1) is 0 Å². The number of rotatable bonds is 0. The van der Waals surface area contributed by atoms with Gasteiger partial charge in [0.15, 0.2) is 0 Å². The van der Waals surface area contributed by atoms with Crippen LogP contribution in [-0.2, 0) is 0 Å². The molecule has 0 aliphatic heterocycles. The second-order valence-electron chi connectivity index (χ2n) is 3.17. The van der Waals surface area contributed by atoms with Crippen LogP contribution >= 0.6 is 0 Å². The minimum Gasteiger partial charge on any atom is -0.256 e. The Morgan fingerprint density at radius 3 is 2.50 bits per heavy atom. The van der Waals surface area contributed by atoms with Crippen molar-refractivity contribution in [3.05, 3.63) is 42.9 Å². The van der Waals surface area contributed by atoms with Crippen LogP contribution in [0.25, 0.3) is 21.7 Å². The molecule has 0 bridgehead atoms. The molecule has 0 saturated heterocycles. The fourth-order valence-electron chi connectivity index (χ4n) is 1.57.